The Morgan fingerprint density at radius 2 is 1.82 bits per heavy atom. The SMILES string of the molecule is O=S(=O)(O)C(F)(F)F.c1ccc2sc(Oc3ccc(CCN(CCCn4ncnn4)CC4CC4)cc3)nc2c1. The molecule has 0 spiro atoms. The molecule has 1 aliphatic carbocycles. The maximum atomic E-state index is 10.7. The molecule has 0 saturated heterocycles. The normalized spacial score (nSPS) is 13.9. The minimum atomic E-state index is -5.84. The lowest BCUT2D eigenvalue weighted by molar-refractivity contribution is -0.0510. The minimum absolute atomic E-state index is 0.687. The average Bonchev–Trinajstić information content (AvgIpc) is 3.36. The fourth-order valence-electron chi connectivity index (χ4n) is 3.69. The average molecular weight is 585 g/mol. The Morgan fingerprint density at radius 3 is 2.44 bits per heavy atom. The van der Waals surface area contributed by atoms with Crippen LogP contribution in [0.1, 0.15) is 24.8 Å². The smallest absolute Gasteiger partial charge is 0.431 e. The van der Waals surface area contributed by atoms with Gasteiger partial charge < -0.3 is 9.64 Å². The van der Waals surface area contributed by atoms with Gasteiger partial charge in [-0.15, -0.1) is 10.2 Å². The first-order chi connectivity index (χ1) is 18.6. The van der Waals surface area contributed by atoms with Crippen LogP contribution in [0.25, 0.3) is 10.2 Å². The van der Waals surface area contributed by atoms with Crippen LogP contribution < -0.4 is 4.74 Å². The summed E-state index contributed by atoms with van der Waals surface area (Å²) in [4.78, 5) is 8.80. The van der Waals surface area contributed by atoms with Gasteiger partial charge >= 0.3 is 15.6 Å². The number of alkyl halides is 3. The minimum Gasteiger partial charge on any atom is -0.431 e. The van der Waals surface area contributed by atoms with E-state index >= 15 is 0 Å². The molecule has 15 heteroatoms. The van der Waals surface area contributed by atoms with Crippen molar-refractivity contribution in [1.82, 2.24) is 30.1 Å². The van der Waals surface area contributed by atoms with Crippen molar-refractivity contribution in [1.29, 1.82) is 0 Å². The Kier molecular flexibility index (Phi) is 9.48. The lowest BCUT2D eigenvalue weighted by Crippen LogP contribution is -2.30. The molecule has 2 heterocycles. The van der Waals surface area contributed by atoms with Gasteiger partial charge in [0.25, 0.3) is 5.19 Å². The van der Waals surface area contributed by atoms with Crippen LogP contribution in [-0.2, 0) is 23.1 Å². The molecule has 2 aromatic carbocycles. The lowest BCUT2D eigenvalue weighted by Gasteiger charge is -2.22. The van der Waals surface area contributed by atoms with Crippen LogP contribution in [0.3, 0.4) is 0 Å². The quantitative estimate of drug-likeness (QED) is 0.195. The molecule has 1 fully saturated rings. The molecule has 5 rings (SSSR count). The first-order valence-corrected chi connectivity index (χ1v) is 14.4. The van der Waals surface area contributed by atoms with Crippen molar-refractivity contribution in [3.05, 3.63) is 60.4 Å². The molecule has 1 saturated carbocycles. The van der Waals surface area contributed by atoms with Gasteiger partial charge in [0.1, 0.15) is 5.75 Å². The van der Waals surface area contributed by atoms with Gasteiger partial charge in [-0.3, -0.25) is 4.55 Å². The molecule has 4 aromatic rings. The molecule has 210 valence electrons. The number of hydrogen-bond acceptors (Lipinski definition) is 9. The van der Waals surface area contributed by atoms with Crippen molar-refractivity contribution < 1.29 is 30.9 Å². The number of rotatable bonds is 11. The highest BCUT2D eigenvalue weighted by Gasteiger charge is 2.44. The van der Waals surface area contributed by atoms with Crippen LogP contribution in [0.5, 0.6) is 10.9 Å². The van der Waals surface area contributed by atoms with E-state index < -0.39 is 15.6 Å². The molecule has 0 amide bonds. The highest BCUT2D eigenvalue weighted by atomic mass is 32.2. The first kappa shape index (κ1) is 28.9. The molecular formula is C24H27F3N6O4S2. The van der Waals surface area contributed by atoms with Crippen molar-refractivity contribution in [3.63, 3.8) is 0 Å². The third kappa shape index (κ3) is 9.23. The third-order valence-electron chi connectivity index (χ3n) is 5.85. The molecule has 0 atom stereocenters. The number of nitrogens with zero attached hydrogens (tertiary/aromatic N) is 6. The number of aryl methyl sites for hydroxylation is 1. The van der Waals surface area contributed by atoms with Crippen molar-refractivity contribution in [2.75, 3.05) is 19.6 Å². The van der Waals surface area contributed by atoms with Crippen molar-refractivity contribution in [2.45, 2.75) is 37.7 Å². The number of hydrogen-bond donors (Lipinski definition) is 1. The van der Waals surface area contributed by atoms with E-state index in [1.54, 1.807) is 16.1 Å². The Hall–Kier alpha value is -3.14. The topological polar surface area (TPSA) is 123 Å². The number of ether oxygens (including phenoxy) is 1. The number of thiazole rings is 1. The number of benzene rings is 2. The van der Waals surface area contributed by atoms with Crippen molar-refractivity contribution >= 4 is 31.7 Å². The predicted octanol–water partition coefficient (Wildman–Crippen LogP) is 4.81. The van der Waals surface area contributed by atoms with E-state index in [0.29, 0.717) is 5.19 Å². The number of fused-ring (bicyclic) bond motifs is 1. The summed E-state index contributed by atoms with van der Waals surface area (Å²) in [5.74, 6) is 1.71. The Morgan fingerprint density at radius 1 is 1.10 bits per heavy atom. The third-order valence-corrected chi connectivity index (χ3v) is 7.35. The second kappa shape index (κ2) is 12.8. The van der Waals surface area contributed by atoms with Crippen molar-refractivity contribution in [3.8, 4) is 10.9 Å². The van der Waals surface area contributed by atoms with Gasteiger partial charge in [-0.25, -0.2) is 4.98 Å². The predicted molar refractivity (Wildman–Crippen MR) is 139 cm³/mol. The maximum absolute atomic E-state index is 10.7. The van der Waals surface area contributed by atoms with Gasteiger partial charge in [-0.05, 0) is 73.2 Å². The maximum Gasteiger partial charge on any atom is 0.522 e. The van der Waals surface area contributed by atoms with Crippen LogP contribution in [0.4, 0.5) is 13.2 Å². The van der Waals surface area contributed by atoms with E-state index in [2.05, 4.69) is 43.5 Å². The monoisotopic (exact) mass is 584 g/mol. The summed E-state index contributed by atoms with van der Waals surface area (Å²) in [6, 6.07) is 16.5. The fourth-order valence-corrected chi connectivity index (χ4v) is 4.53. The molecule has 1 N–H and O–H groups in total. The molecule has 10 nitrogen and oxygen atoms in total. The zero-order chi connectivity index (χ0) is 27.9. The van der Waals surface area contributed by atoms with Gasteiger partial charge in [0.15, 0.2) is 6.33 Å². The molecule has 0 aliphatic heterocycles. The highest BCUT2D eigenvalue weighted by molar-refractivity contribution is 7.86. The van der Waals surface area contributed by atoms with Gasteiger partial charge in [-0.1, -0.05) is 35.6 Å². The van der Waals surface area contributed by atoms with E-state index in [9.17, 15) is 13.2 Å². The number of aromatic nitrogens is 5. The molecule has 1 aliphatic rings. The first-order valence-electron chi connectivity index (χ1n) is 12.2. The second-order valence-corrected chi connectivity index (χ2v) is 11.4. The number of tetrazole rings is 1. The van der Waals surface area contributed by atoms with Gasteiger partial charge in [0, 0.05) is 13.1 Å². The van der Waals surface area contributed by atoms with E-state index in [4.69, 9.17) is 17.7 Å². The summed E-state index contributed by atoms with van der Waals surface area (Å²) in [5, 5.41) is 12.5. The second-order valence-electron chi connectivity index (χ2n) is 8.99. The summed E-state index contributed by atoms with van der Waals surface area (Å²) >= 11 is 1.57. The summed E-state index contributed by atoms with van der Waals surface area (Å²) in [7, 11) is -5.84. The Bertz CT molecular complexity index is 1390. The van der Waals surface area contributed by atoms with Crippen LogP contribution in [0.2, 0.25) is 0 Å². The zero-order valence-corrected chi connectivity index (χ0v) is 22.4. The molecular weight excluding hydrogens is 557 g/mol. The molecule has 2 aromatic heterocycles. The van der Waals surface area contributed by atoms with E-state index in [1.807, 2.05) is 30.3 Å². The van der Waals surface area contributed by atoms with Crippen LogP contribution in [-0.4, -0.2) is 68.2 Å². The van der Waals surface area contributed by atoms with Gasteiger partial charge in [0.05, 0.1) is 16.8 Å². The Balaban J connectivity index is 0.000000386. The summed E-state index contributed by atoms with van der Waals surface area (Å²) in [6.45, 7) is 4.15. The molecule has 0 radical (unpaired) electrons. The highest BCUT2D eigenvalue weighted by Crippen LogP contribution is 2.32. The van der Waals surface area contributed by atoms with Crippen molar-refractivity contribution in [2.24, 2.45) is 5.92 Å². The molecule has 0 unspecified atom stereocenters. The van der Waals surface area contributed by atoms with E-state index in [1.165, 1.54) is 31.3 Å². The summed E-state index contributed by atoms with van der Waals surface area (Å²) in [5.41, 5.74) is -3.22. The number of para-hydroxylation sites is 1. The van der Waals surface area contributed by atoms with E-state index in [-0.39, 0.29) is 0 Å². The van der Waals surface area contributed by atoms with Gasteiger partial charge in [0.2, 0.25) is 0 Å². The van der Waals surface area contributed by atoms with Crippen LogP contribution in [0, 0.1) is 5.92 Å². The Labute approximate surface area is 227 Å². The number of halogens is 3. The molecule has 0 bridgehead atoms. The molecule has 39 heavy (non-hydrogen) atoms. The standard InChI is InChI=1S/C23H26N6OS.CHF3O3S/c1-2-5-22-21(4-1)26-23(31-22)30-20-10-8-18(9-11-20)12-15-28(16-19-6-7-19)13-3-14-29-25-17-24-27-29;2-1(3,4)8(5,6)7/h1-2,4-5,8-11,17,19H,3,6-7,12-16H2;(H,5,6,7). The van der Waals surface area contributed by atoms with E-state index in [0.717, 1.165) is 54.4 Å². The van der Waals surface area contributed by atoms with Crippen LogP contribution >= 0.6 is 11.3 Å². The summed E-state index contributed by atoms with van der Waals surface area (Å²) < 4.78 is 64.7. The largest absolute Gasteiger partial charge is 0.522 e. The zero-order valence-electron chi connectivity index (χ0n) is 20.7. The van der Waals surface area contributed by atoms with Crippen LogP contribution in [0.15, 0.2) is 54.9 Å². The summed E-state index contributed by atoms with van der Waals surface area (Å²) in [6.07, 6.45) is 6.32. The lowest BCUT2D eigenvalue weighted by atomic mass is 10.1. The fraction of sp³-hybridized carbons (Fsp3) is 0.417. The van der Waals surface area contributed by atoms with Gasteiger partial charge in [-0.2, -0.15) is 26.4 Å².